The molecule has 0 aliphatic carbocycles. The van der Waals surface area contributed by atoms with Gasteiger partial charge in [0.2, 0.25) is 5.91 Å². The summed E-state index contributed by atoms with van der Waals surface area (Å²) in [5.74, 6) is -0.621. The highest BCUT2D eigenvalue weighted by Crippen LogP contribution is 2.22. The third-order valence-electron chi connectivity index (χ3n) is 9.22. The second-order valence-corrected chi connectivity index (χ2v) is 13.5. The summed E-state index contributed by atoms with van der Waals surface area (Å²) in [6.07, 6.45) is 18.8. The van der Waals surface area contributed by atoms with Crippen LogP contribution in [0.5, 0.6) is 0 Å². The van der Waals surface area contributed by atoms with Gasteiger partial charge in [-0.25, -0.2) is 0 Å². The highest BCUT2D eigenvalue weighted by molar-refractivity contribution is 5.80. The van der Waals surface area contributed by atoms with Gasteiger partial charge in [-0.05, 0) is 19.3 Å². The number of allylic oxidation sites excluding steroid dienone is 1. The number of rotatable bonds is 30. The van der Waals surface area contributed by atoms with Crippen LogP contribution in [0.4, 0.5) is 0 Å². The molecule has 0 saturated carbocycles. The molecule has 1 aliphatic rings. The summed E-state index contributed by atoms with van der Waals surface area (Å²) in [5.41, 5.74) is 0. The van der Waals surface area contributed by atoms with Crippen molar-refractivity contribution < 1.29 is 44.9 Å². The Balaban J connectivity index is 2.55. The summed E-state index contributed by atoms with van der Waals surface area (Å²) >= 11 is 0. The van der Waals surface area contributed by atoms with Gasteiger partial charge in [-0.2, -0.15) is 0 Å². The van der Waals surface area contributed by atoms with E-state index in [1.807, 2.05) is 6.08 Å². The predicted molar refractivity (Wildman–Crippen MR) is 186 cm³/mol. The monoisotopic (exact) mass is 674 g/mol. The Labute approximate surface area is 285 Å². The summed E-state index contributed by atoms with van der Waals surface area (Å²) in [6, 6.07) is -0.971. The topological polar surface area (TPSA) is 169 Å². The first-order valence-corrected chi connectivity index (χ1v) is 19.0. The molecule has 10 nitrogen and oxygen atoms in total. The van der Waals surface area contributed by atoms with Crippen LogP contribution in [0.3, 0.4) is 0 Å². The summed E-state index contributed by atoms with van der Waals surface area (Å²) in [7, 11) is 0. The van der Waals surface area contributed by atoms with Crippen LogP contribution in [-0.4, -0.2) is 98.7 Å². The molecule has 8 atom stereocenters. The zero-order chi connectivity index (χ0) is 34.7. The number of amides is 1. The van der Waals surface area contributed by atoms with Crippen molar-refractivity contribution in [1.29, 1.82) is 0 Å². The molecule has 1 amide bonds. The average Bonchev–Trinajstić information content (AvgIpc) is 3.07. The number of nitrogens with one attached hydrogen (secondary N) is 1. The molecule has 0 aromatic rings. The number of carbonyl (C=O) groups is 1. The smallest absolute Gasteiger partial charge is 0.249 e. The van der Waals surface area contributed by atoms with E-state index in [9.17, 15) is 35.4 Å². The minimum Gasteiger partial charge on any atom is -0.394 e. The van der Waals surface area contributed by atoms with Crippen molar-refractivity contribution in [3.05, 3.63) is 12.2 Å². The number of aliphatic hydroxyl groups excluding tert-OH is 6. The standard InChI is InChI=1S/C37H71NO9/c1-3-5-7-9-11-13-14-15-16-18-19-21-23-25-30(40)29(28-46-37-35(44)34(43)33(42)32(27-39)47-37)38-36(45)31(41)26-24-22-20-17-12-10-8-6-4-2/h23,25,29-35,37,39-44H,3-22,24,26-28H2,1-2H3,(H,38,45)/b25-23+. The Morgan fingerprint density at radius 1 is 0.723 bits per heavy atom. The van der Waals surface area contributed by atoms with E-state index >= 15 is 0 Å². The quantitative estimate of drug-likeness (QED) is 0.0401. The second kappa shape index (κ2) is 28.7. The van der Waals surface area contributed by atoms with Crippen LogP contribution >= 0.6 is 0 Å². The Bertz CT molecular complexity index is 768. The lowest BCUT2D eigenvalue weighted by Crippen LogP contribution is -2.60. The molecule has 278 valence electrons. The zero-order valence-electron chi connectivity index (χ0n) is 29.7. The van der Waals surface area contributed by atoms with E-state index in [-0.39, 0.29) is 6.61 Å². The maximum atomic E-state index is 12.9. The Morgan fingerprint density at radius 3 is 1.72 bits per heavy atom. The van der Waals surface area contributed by atoms with E-state index in [0.29, 0.717) is 6.42 Å². The second-order valence-electron chi connectivity index (χ2n) is 13.5. The average molecular weight is 674 g/mol. The van der Waals surface area contributed by atoms with Crippen molar-refractivity contribution in [1.82, 2.24) is 5.32 Å². The highest BCUT2D eigenvalue weighted by Gasteiger charge is 2.44. The van der Waals surface area contributed by atoms with Gasteiger partial charge in [-0.3, -0.25) is 4.79 Å². The molecule has 0 aromatic heterocycles. The number of unbranched alkanes of at least 4 members (excludes halogenated alkanes) is 19. The summed E-state index contributed by atoms with van der Waals surface area (Å²) in [6.45, 7) is 3.54. The van der Waals surface area contributed by atoms with Crippen LogP contribution in [0.25, 0.3) is 0 Å². The van der Waals surface area contributed by atoms with E-state index in [2.05, 4.69) is 19.2 Å². The Morgan fingerprint density at radius 2 is 1.21 bits per heavy atom. The van der Waals surface area contributed by atoms with Crippen LogP contribution in [0.15, 0.2) is 12.2 Å². The summed E-state index contributed by atoms with van der Waals surface area (Å²) < 4.78 is 11.1. The molecule has 1 rings (SSSR count). The molecular formula is C37H71NO9. The number of carbonyl (C=O) groups excluding carboxylic acids is 1. The van der Waals surface area contributed by atoms with Gasteiger partial charge < -0.3 is 45.4 Å². The van der Waals surface area contributed by atoms with Crippen LogP contribution in [0, 0.1) is 0 Å². The highest BCUT2D eigenvalue weighted by atomic mass is 16.7. The third-order valence-corrected chi connectivity index (χ3v) is 9.22. The van der Waals surface area contributed by atoms with Crippen molar-refractivity contribution in [3.63, 3.8) is 0 Å². The predicted octanol–water partition coefficient (Wildman–Crippen LogP) is 5.19. The molecule has 7 N–H and O–H groups in total. The van der Waals surface area contributed by atoms with Crippen molar-refractivity contribution in [2.45, 2.75) is 204 Å². The first kappa shape index (κ1) is 43.9. The van der Waals surface area contributed by atoms with Crippen molar-refractivity contribution in [2.75, 3.05) is 13.2 Å². The Hall–Kier alpha value is -1.11. The normalized spacial score (nSPS) is 23.6. The molecule has 1 saturated heterocycles. The van der Waals surface area contributed by atoms with E-state index in [1.165, 1.54) is 89.9 Å². The number of hydrogen-bond acceptors (Lipinski definition) is 9. The van der Waals surface area contributed by atoms with E-state index < -0.39 is 61.5 Å². The van der Waals surface area contributed by atoms with Gasteiger partial charge in [0, 0.05) is 0 Å². The molecule has 1 aliphatic heterocycles. The van der Waals surface area contributed by atoms with Crippen molar-refractivity contribution >= 4 is 5.91 Å². The van der Waals surface area contributed by atoms with Crippen LogP contribution in [0.1, 0.15) is 155 Å². The van der Waals surface area contributed by atoms with Gasteiger partial charge >= 0.3 is 0 Å². The lowest BCUT2D eigenvalue weighted by Gasteiger charge is -2.40. The fourth-order valence-corrected chi connectivity index (χ4v) is 5.98. The van der Waals surface area contributed by atoms with Gasteiger partial charge in [-0.1, -0.05) is 148 Å². The van der Waals surface area contributed by atoms with Gasteiger partial charge in [-0.15, -0.1) is 0 Å². The fourth-order valence-electron chi connectivity index (χ4n) is 5.98. The first-order chi connectivity index (χ1) is 22.8. The summed E-state index contributed by atoms with van der Waals surface area (Å²) in [5, 5.41) is 64.1. The molecule has 0 aromatic carbocycles. The Kier molecular flexibility index (Phi) is 26.8. The van der Waals surface area contributed by atoms with Crippen LogP contribution < -0.4 is 5.32 Å². The SMILES string of the molecule is CCCCCCCCCCCCC/C=C/C(O)C(COC1OC(CO)C(O)C(O)C1O)NC(=O)C(O)CCCCCCCCCCC. The molecule has 1 fully saturated rings. The van der Waals surface area contributed by atoms with Crippen molar-refractivity contribution in [3.8, 4) is 0 Å². The van der Waals surface area contributed by atoms with Gasteiger partial charge in [0.05, 0.1) is 25.4 Å². The minimum absolute atomic E-state index is 0.302. The van der Waals surface area contributed by atoms with Gasteiger partial charge in [0.25, 0.3) is 0 Å². The van der Waals surface area contributed by atoms with Crippen LogP contribution in [0.2, 0.25) is 0 Å². The summed E-state index contributed by atoms with van der Waals surface area (Å²) in [4.78, 5) is 12.9. The largest absolute Gasteiger partial charge is 0.394 e. The van der Waals surface area contributed by atoms with E-state index in [4.69, 9.17) is 9.47 Å². The molecule has 0 spiro atoms. The molecule has 10 heteroatoms. The van der Waals surface area contributed by atoms with Crippen LogP contribution in [-0.2, 0) is 14.3 Å². The van der Waals surface area contributed by atoms with Crippen molar-refractivity contribution in [2.24, 2.45) is 0 Å². The van der Waals surface area contributed by atoms with E-state index in [0.717, 1.165) is 44.9 Å². The number of aliphatic hydroxyl groups is 6. The minimum atomic E-state index is -1.60. The number of hydrogen-bond donors (Lipinski definition) is 7. The number of ether oxygens (including phenoxy) is 2. The molecule has 1 heterocycles. The van der Waals surface area contributed by atoms with Gasteiger partial charge in [0.15, 0.2) is 6.29 Å². The molecular weight excluding hydrogens is 602 g/mol. The fraction of sp³-hybridized carbons (Fsp3) is 0.919. The van der Waals surface area contributed by atoms with E-state index in [1.54, 1.807) is 6.08 Å². The molecule has 0 bridgehead atoms. The third kappa shape index (κ3) is 20.2. The molecule has 8 unspecified atom stereocenters. The van der Waals surface area contributed by atoms with Gasteiger partial charge in [0.1, 0.15) is 30.5 Å². The lowest BCUT2D eigenvalue weighted by atomic mass is 9.99. The molecule has 0 radical (unpaired) electrons. The maximum absolute atomic E-state index is 12.9. The lowest BCUT2D eigenvalue weighted by molar-refractivity contribution is -0.302. The molecule has 47 heavy (non-hydrogen) atoms. The first-order valence-electron chi connectivity index (χ1n) is 19.0. The zero-order valence-corrected chi connectivity index (χ0v) is 29.7. The maximum Gasteiger partial charge on any atom is 0.249 e.